The molecular weight excluding hydrogens is 418 g/mol. The average molecular weight is 444 g/mol. The predicted octanol–water partition coefficient (Wildman–Crippen LogP) is 2.70. The van der Waals surface area contributed by atoms with Crippen LogP contribution in [0.4, 0.5) is 5.69 Å². The van der Waals surface area contributed by atoms with E-state index in [0.717, 1.165) is 44.2 Å². The highest BCUT2D eigenvalue weighted by Gasteiger charge is 2.19. The van der Waals surface area contributed by atoms with Gasteiger partial charge in [0.15, 0.2) is 0 Å². The Hall–Kier alpha value is -2.65. The first kappa shape index (κ1) is 21.6. The lowest BCUT2D eigenvalue weighted by atomic mass is 10.1. The lowest BCUT2D eigenvalue weighted by Gasteiger charge is -2.26. The molecule has 164 valence electrons. The lowest BCUT2D eigenvalue weighted by molar-refractivity contribution is 0.0336. The van der Waals surface area contributed by atoms with Crippen LogP contribution >= 0.6 is 11.6 Å². The summed E-state index contributed by atoms with van der Waals surface area (Å²) in [5, 5.41) is 14.3. The summed E-state index contributed by atoms with van der Waals surface area (Å²) >= 11 is 6.02. The standard InChI is InChI=1S/C22H26ClN5O3/c1-14-18(13-28-7-9-31-10-8-28)27-21(26-14)20-17(5-6-24-22(20)30)25-12-19(29)15-3-2-4-16(23)11-15/h2-6,11,19,29H,7-10,12-13H2,1H3,(H,26,27)(H2,24,25,30). The van der Waals surface area contributed by atoms with E-state index in [0.29, 0.717) is 27.7 Å². The number of aliphatic hydroxyl groups is 1. The molecule has 1 unspecified atom stereocenters. The molecule has 0 amide bonds. The molecule has 3 heterocycles. The second-order valence-corrected chi connectivity index (χ2v) is 8.02. The van der Waals surface area contributed by atoms with Crippen LogP contribution in [0.5, 0.6) is 0 Å². The molecule has 1 aromatic carbocycles. The molecule has 1 fully saturated rings. The van der Waals surface area contributed by atoms with Gasteiger partial charge in [-0.3, -0.25) is 9.69 Å². The Morgan fingerprint density at radius 3 is 2.90 bits per heavy atom. The maximum atomic E-state index is 12.6. The largest absolute Gasteiger partial charge is 0.387 e. The molecule has 0 saturated carbocycles. The van der Waals surface area contributed by atoms with E-state index in [2.05, 4.69) is 25.2 Å². The van der Waals surface area contributed by atoms with Crippen molar-refractivity contribution in [1.29, 1.82) is 0 Å². The maximum Gasteiger partial charge on any atom is 0.261 e. The summed E-state index contributed by atoms with van der Waals surface area (Å²) in [6, 6.07) is 8.85. The van der Waals surface area contributed by atoms with Crippen LogP contribution in [0.2, 0.25) is 5.02 Å². The Bertz CT molecular complexity index is 1090. The van der Waals surface area contributed by atoms with Crippen molar-refractivity contribution in [3.05, 3.63) is 68.9 Å². The van der Waals surface area contributed by atoms with Crippen LogP contribution < -0.4 is 10.9 Å². The van der Waals surface area contributed by atoms with E-state index < -0.39 is 6.10 Å². The van der Waals surface area contributed by atoms with Crippen LogP contribution in [-0.2, 0) is 11.3 Å². The predicted molar refractivity (Wildman–Crippen MR) is 120 cm³/mol. The molecule has 1 saturated heterocycles. The Morgan fingerprint density at radius 1 is 1.32 bits per heavy atom. The number of benzene rings is 1. The van der Waals surface area contributed by atoms with Gasteiger partial charge >= 0.3 is 0 Å². The summed E-state index contributed by atoms with van der Waals surface area (Å²) in [6.45, 7) is 6.06. The molecule has 9 heteroatoms. The Labute approximate surface area is 185 Å². The van der Waals surface area contributed by atoms with E-state index in [1.54, 1.807) is 30.5 Å². The molecule has 0 bridgehead atoms. The minimum atomic E-state index is -0.777. The number of aryl methyl sites for hydroxylation is 1. The first-order valence-electron chi connectivity index (χ1n) is 10.3. The molecule has 1 aliphatic rings. The Morgan fingerprint density at radius 2 is 2.13 bits per heavy atom. The number of hydrogen-bond donors (Lipinski definition) is 4. The fourth-order valence-corrected chi connectivity index (χ4v) is 3.85. The molecule has 0 spiro atoms. The van der Waals surface area contributed by atoms with Crippen molar-refractivity contribution in [3.63, 3.8) is 0 Å². The van der Waals surface area contributed by atoms with Crippen LogP contribution in [0.3, 0.4) is 0 Å². The van der Waals surface area contributed by atoms with Crippen molar-refractivity contribution in [1.82, 2.24) is 19.9 Å². The number of nitrogens with zero attached hydrogens (tertiary/aromatic N) is 2. The summed E-state index contributed by atoms with van der Waals surface area (Å²) in [4.78, 5) is 25.6. The zero-order chi connectivity index (χ0) is 21.8. The number of rotatable bonds is 7. The van der Waals surface area contributed by atoms with E-state index >= 15 is 0 Å². The summed E-state index contributed by atoms with van der Waals surface area (Å²) in [7, 11) is 0. The number of aromatic amines is 2. The zero-order valence-electron chi connectivity index (χ0n) is 17.3. The van der Waals surface area contributed by atoms with Crippen LogP contribution in [0, 0.1) is 6.92 Å². The fraction of sp³-hybridized carbons (Fsp3) is 0.364. The van der Waals surface area contributed by atoms with E-state index in [9.17, 15) is 9.90 Å². The number of H-pyrrole nitrogens is 2. The number of aromatic nitrogens is 3. The van der Waals surface area contributed by atoms with Gasteiger partial charge in [-0.05, 0) is 30.7 Å². The van der Waals surface area contributed by atoms with E-state index in [4.69, 9.17) is 16.3 Å². The van der Waals surface area contributed by atoms with Gasteiger partial charge in [-0.1, -0.05) is 23.7 Å². The minimum absolute atomic E-state index is 0.219. The fourth-order valence-electron chi connectivity index (χ4n) is 3.65. The number of anilines is 1. The summed E-state index contributed by atoms with van der Waals surface area (Å²) in [5.41, 5.74) is 3.29. The van der Waals surface area contributed by atoms with E-state index in [-0.39, 0.29) is 12.1 Å². The molecule has 3 aromatic rings. The normalized spacial score (nSPS) is 15.7. The summed E-state index contributed by atoms with van der Waals surface area (Å²) in [6.07, 6.45) is 0.797. The highest BCUT2D eigenvalue weighted by Crippen LogP contribution is 2.25. The maximum absolute atomic E-state index is 12.6. The monoisotopic (exact) mass is 443 g/mol. The zero-order valence-corrected chi connectivity index (χ0v) is 18.1. The van der Waals surface area contributed by atoms with E-state index in [1.807, 2.05) is 13.0 Å². The van der Waals surface area contributed by atoms with E-state index in [1.165, 1.54) is 0 Å². The molecule has 1 aliphatic heterocycles. The van der Waals surface area contributed by atoms with Crippen molar-refractivity contribution < 1.29 is 9.84 Å². The number of halogens is 1. The van der Waals surface area contributed by atoms with Crippen molar-refractivity contribution in [2.75, 3.05) is 38.2 Å². The van der Waals surface area contributed by atoms with Crippen LogP contribution in [0.25, 0.3) is 11.4 Å². The molecular formula is C22H26ClN5O3. The van der Waals surface area contributed by atoms with Crippen LogP contribution in [-0.4, -0.2) is 57.8 Å². The van der Waals surface area contributed by atoms with Crippen molar-refractivity contribution in [2.45, 2.75) is 19.6 Å². The third-order valence-electron chi connectivity index (χ3n) is 5.39. The SMILES string of the molecule is Cc1nc(-c2c(NCC(O)c3cccc(Cl)c3)cc[nH]c2=O)[nH]c1CN1CCOCC1. The Balaban J connectivity index is 1.54. The molecule has 0 radical (unpaired) electrons. The quantitative estimate of drug-likeness (QED) is 0.447. The molecule has 31 heavy (non-hydrogen) atoms. The first-order chi connectivity index (χ1) is 15.0. The Kier molecular flexibility index (Phi) is 6.72. The number of morpholine rings is 1. The average Bonchev–Trinajstić information content (AvgIpc) is 3.12. The summed E-state index contributed by atoms with van der Waals surface area (Å²) in [5.74, 6) is 0.502. The van der Waals surface area contributed by atoms with Crippen molar-refractivity contribution in [3.8, 4) is 11.4 Å². The highest BCUT2D eigenvalue weighted by molar-refractivity contribution is 6.30. The minimum Gasteiger partial charge on any atom is -0.387 e. The molecule has 8 nitrogen and oxygen atoms in total. The molecule has 4 rings (SSSR count). The summed E-state index contributed by atoms with van der Waals surface area (Å²) < 4.78 is 5.41. The third kappa shape index (κ3) is 5.16. The van der Waals surface area contributed by atoms with Crippen LogP contribution in [0.15, 0.2) is 41.3 Å². The molecule has 2 aromatic heterocycles. The number of nitrogens with one attached hydrogen (secondary N) is 3. The molecule has 1 atom stereocenters. The number of pyridine rings is 1. The second-order valence-electron chi connectivity index (χ2n) is 7.59. The van der Waals surface area contributed by atoms with Gasteiger partial charge in [0.2, 0.25) is 0 Å². The lowest BCUT2D eigenvalue weighted by Crippen LogP contribution is -2.35. The van der Waals surface area contributed by atoms with Gasteiger partial charge in [0, 0.05) is 37.4 Å². The molecule has 0 aliphatic carbocycles. The third-order valence-corrected chi connectivity index (χ3v) is 5.62. The number of hydrogen-bond acceptors (Lipinski definition) is 6. The van der Waals surface area contributed by atoms with Gasteiger partial charge in [-0.15, -0.1) is 0 Å². The van der Waals surface area contributed by atoms with Gasteiger partial charge in [0.25, 0.3) is 5.56 Å². The number of ether oxygens (including phenoxy) is 1. The van der Waals surface area contributed by atoms with Gasteiger partial charge in [0.1, 0.15) is 11.4 Å². The van der Waals surface area contributed by atoms with Gasteiger partial charge in [-0.2, -0.15) is 0 Å². The number of imidazole rings is 1. The topological polar surface area (TPSA) is 106 Å². The highest BCUT2D eigenvalue weighted by atomic mass is 35.5. The number of aliphatic hydroxyl groups excluding tert-OH is 1. The van der Waals surface area contributed by atoms with Gasteiger partial charge in [0.05, 0.1) is 36.4 Å². The first-order valence-corrected chi connectivity index (χ1v) is 10.6. The van der Waals surface area contributed by atoms with Gasteiger partial charge in [-0.25, -0.2) is 4.98 Å². The van der Waals surface area contributed by atoms with Crippen molar-refractivity contribution >= 4 is 17.3 Å². The van der Waals surface area contributed by atoms with Crippen LogP contribution in [0.1, 0.15) is 23.1 Å². The van der Waals surface area contributed by atoms with Gasteiger partial charge < -0.3 is 25.1 Å². The van der Waals surface area contributed by atoms with Crippen molar-refractivity contribution in [2.24, 2.45) is 0 Å². The molecule has 4 N–H and O–H groups in total. The second kappa shape index (κ2) is 9.65. The smallest absolute Gasteiger partial charge is 0.261 e.